The second-order valence-corrected chi connectivity index (χ2v) is 11.5. The molecule has 218 valence electrons. The van der Waals surface area contributed by atoms with Crippen molar-refractivity contribution in [3.8, 4) is 11.8 Å². The molecule has 0 unspecified atom stereocenters. The van der Waals surface area contributed by atoms with E-state index in [1.165, 1.54) is 16.5 Å². The number of carbonyl (C=O) groups is 1. The summed E-state index contributed by atoms with van der Waals surface area (Å²) in [5.41, 5.74) is 6.36. The number of rotatable bonds is 9. The average Bonchev–Trinajstić information content (AvgIpc) is 3.54. The minimum Gasteiger partial charge on any atom is -0.391 e. The molecular formula is C35H40N4O3. The van der Waals surface area contributed by atoms with Crippen LogP contribution in [0.25, 0.3) is 10.9 Å². The number of H-pyrrole nitrogens is 1. The number of aromatic amines is 1. The van der Waals surface area contributed by atoms with E-state index in [4.69, 9.17) is 4.84 Å². The molecule has 0 bridgehead atoms. The summed E-state index contributed by atoms with van der Waals surface area (Å²) in [6.45, 7) is 5.32. The first kappa shape index (κ1) is 29.6. The average molecular weight is 565 g/mol. The lowest BCUT2D eigenvalue weighted by Crippen LogP contribution is -2.49. The third-order valence-electron chi connectivity index (χ3n) is 7.78. The number of nitrogens with one attached hydrogen (secondary N) is 2. The molecule has 7 heteroatoms. The Labute approximate surface area is 248 Å². The highest BCUT2D eigenvalue weighted by atomic mass is 16.7. The minimum absolute atomic E-state index is 0.0922. The highest BCUT2D eigenvalue weighted by Crippen LogP contribution is 2.32. The summed E-state index contributed by atoms with van der Waals surface area (Å²) in [6.07, 6.45) is 1.51. The number of amides is 1. The molecule has 1 aliphatic rings. The number of aliphatic hydroxyl groups excluding tert-OH is 1. The Bertz CT molecular complexity index is 1550. The van der Waals surface area contributed by atoms with Gasteiger partial charge in [-0.15, -0.1) is 0 Å². The molecule has 0 spiro atoms. The van der Waals surface area contributed by atoms with Gasteiger partial charge in [-0.3, -0.25) is 9.63 Å². The lowest BCUT2D eigenvalue weighted by atomic mass is 9.90. The highest BCUT2D eigenvalue weighted by molar-refractivity contribution is 5.84. The molecule has 0 aliphatic carbocycles. The monoisotopic (exact) mass is 564 g/mol. The Hall–Kier alpha value is -3.93. The fourth-order valence-corrected chi connectivity index (χ4v) is 5.64. The lowest BCUT2D eigenvalue weighted by Gasteiger charge is -2.27. The molecule has 5 rings (SSSR count). The zero-order chi connectivity index (χ0) is 29.6. The van der Waals surface area contributed by atoms with Crippen molar-refractivity contribution in [3.05, 3.63) is 107 Å². The molecular weight excluding hydrogens is 524 g/mol. The number of aryl methyl sites for hydroxylation is 1. The second kappa shape index (κ2) is 13.4. The fourth-order valence-electron chi connectivity index (χ4n) is 5.64. The highest BCUT2D eigenvalue weighted by Gasteiger charge is 2.48. The van der Waals surface area contributed by atoms with E-state index in [0.717, 1.165) is 22.2 Å². The van der Waals surface area contributed by atoms with Crippen molar-refractivity contribution in [1.82, 2.24) is 20.3 Å². The second-order valence-electron chi connectivity index (χ2n) is 11.5. The van der Waals surface area contributed by atoms with Gasteiger partial charge >= 0.3 is 0 Å². The van der Waals surface area contributed by atoms with Crippen LogP contribution < -0.4 is 5.32 Å². The summed E-state index contributed by atoms with van der Waals surface area (Å²) in [5, 5.41) is 16.7. The summed E-state index contributed by atoms with van der Waals surface area (Å²) in [4.78, 5) is 25.4. The first-order valence-corrected chi connectivity index (χ1v) is 14.5. The summed E-state index contributed by atoms with van der Waals surface area (Å²) in [5.74, 6) is 6.14. The van der Waals surface area contributed by atoms with Crippen molar-refractivity contribution < 1.29 is 14.7 Å². The SMILES string of the molecule is Cc1ccc(C#Cc2ccc(CN3O[C@@H]([C@@H](C)O)[C@H](CN(C)C)[C@@H]3C(=O)NCCc3c[nH]c4ccccc34)cc2)cc1. The largest absolute Gasteiger partial charge is 0.391 e. The molecule has 4 atom stereocenters. The van der Waals surface area contributed by atoms with E-state index in [2.05, 4.69) is 53.3 Å². The molecule has 2 heterocycles. The molecule has 1 fully saturated rings. The van der Waals surface area contributed by atoms with Crippen molar-refractivity contribution in [1.29, 1.82) is 0 Å². The van der Waals surface area contributed by atoms with Gasteiger partial charge in [0.15, 0.2) is 0 Å². The molecule has 3 aromatic carbocycles. The number of carbonyl (C=O) groups excluding carboxylic acids is 1. The number of nitrogens with zero attached hydrogens (tertiary/aromatic N) is 2. The van der Waals surface area contributed by atoms with Gasteiger partial charge in [-0.25, -0.2) is 0 Å². The van der Waals surface area contributed by atoms with Crippen molar-refractivity contribution in [2.45, 2.75) is 45.1 Å². The van der Waals surface area contributed by atoms with E-state index < -0.39 is 18.2 Å². The van der Waals surface area contributed by atoms with E-state index in [0.29, 0.717) is 26.1 Å². The maximum atomic E-state index is 13.7. The summed E-state index contributed by atoms with van der Waals surface area (Å²) in [7, 11) is 3.95. The van der Waals surface area contributed by atoms with E-state index in [1.54, 1.807) is 12.0 Å². The Balaban J connectivity index is 1.29. The molecule has 1 saturated heterocycles. The molecule has 42 heavy (non-hydrogen) atoms. The van der Waals surface area contributed by atoms with Crippen LogP contribution in [-0.4, -0.2) is 71.4 Å². The van der Waals surface area contributed by atoms with Crippen LogP contribution in [-0.2, 0) is 22.6 Å². The van der Waals surface area contributed by atoms with Gasteiger partial charge in [0.1, 0.15) is 12.1 Å². The molecule has 1 aromatic heterocycles. The summed E-state index contributed by atoms with van der Waals surface area (Å²) < 4.78 is 0. The van der Waals surface area contributed by atoms with E-state index in [-0.39, 0.29) is 11.8 Å². The number of hydroxylamine groups is 2. The van der Waals surface area contributed by atoms with Gasteiger partial charge in [0.05, 0.1) is 12.6 Å². The quantitative estimate of drug-likeness (QED) is 0.265. The number of aliphatic hydroxyl groups is 1. The summed E-state index contributed by atoms with van der Waals surface area (Å²) >= 11 is 0. The Morgan fingerprint density at radius 3 is 2.38 bits per heavy atom. The van der Waals surface area contributed by atoms with Crippen molar-refractivity contribution in [2.75, 3.05) is 27.2 Å². The number of para-hydroxylation sites is 1. The molecule has 1 aliphatic heterocycles. The molecule has 7 nitrogen and oxygen atoms in total. The van der Waals surface area contributed by atoms with Crippen molar-refractivity contribution >= 4 is 16.8 Å². The zero-order valence-corrected chi connectivity index (χ0v) is 24.8. The van der Waals surface area contributed by atoms with Gasteiger partial charge in [-0.2, -0.15) is 5.06 Å². The predicted molar refractivity (Wildman–Crippen MR) is 167 cm³/mol. The van der Waals surface area contributed by atoms with Crippen LogP contribution in [0, 0.1) is 24.7 Å². The number of benzene rings is 3. The molecule has 1 amide bonds. The van der Waals surface area contributed by atoms with Gasteiger partial charge in [0, 0.05) is 47.2 Å². The topological polar surface area (TPSA) is 80.8 Å². The standard InChI is InChI=1S/C35H40N4O3/c1-24-9-11-26(12-10-24)13-14-27-15-17-28(18-16-27)22-39-33(31(23-38(3)4)34(42-39)25(2)40)35(41)36-20-19-29-21-37-32-8-6-5-7-30(29)32/h5-12,15-18,21,25,31,33-34,37,40H,19-20,22-23H2,1-4H3,(H,36,41)/t25-,31-,33-,34+/m1/s1. The Kier molecular flexibility index (Phi) is 9.41. The molecule has 0 saturated carbocycles. The number of hydrogen-bond acceptors (Lipinski definition) is 5. The third kappa shape index (κ3) is 7.10. The van der Waals surface area contributed by atoms with Crippen molar-refractivity contribution in [2.24, 2.45) is 5.92 Å². The Morgan fingerprint density at radius 2 is 1.71 bits per heavy atom. The minimum atomic E-state index is -0.721. The van der Waals surface area contributed by atoms with Gasteiger partial charge in [-0.05, 0) is 75.8 Å². The Morgan fingerprint density at radius 1 is 1.05 bits per heavy atom. The van der Waals surface area contributed by atoms with E-state index >= 15 is 0 Å². The maximum absolute atomic E-state index is 13.7. The van der Waals surface area contributed by atoms with Gasteiger partial charge in [0.2, 0.25) is 5.91 Å². The fraction of sp³-hybridized carbons (Fsp3) is 0.343. The first-order chi connectivity index (χ1) is 20.3. The molecule has 0 radical (unpaired) electrons. The smallest absolute Gasteiger partial charge is 0.240 e. The van der Waals surface area contributed by atoms with Gasteiger partial charge in [-0.1, -0.05) is 59.9 Å². The van der Waals surface area contributed by atoms with Crippen LogP contribution in [0.4, 0.5) is 0 Å². The summed E-state index contributed by atoms with van der Waals surface area (Å²) in [6, 6.07) is 23.8. The van der Waals surface area contributed by atoms with Crippen LogP contribution >= 0.6 is 0 Å². The zero-order valence-electron chi connectivity index (χ0n) is 24.8. The van der Waals surface area contributed by atoms with Crippen LogP contribution in [0.15, 0.2) is 79.0 Å². The lowest BCUT2D eigenvalue weighted by molar-refractivity contribution is -0.192. The van der Waals surface area contributed by atoms with Gasteiger partial charge in [0.25, 0.3) is 0 Å². The normalized spacial score (nSPS) is 19.5. The molecule has 3 N–H and O–H groups in total. The maximum Gasteiger partial charge on any atom is 0.240 e. The van der Waals surface area contributed by atoms with E-state index in [9.17, 15) is 9.90 Å². The van der Waals surface area contributed by atoms with Crippen LogP contribution in [0.1, 0.15) is 34.7 Å². The number of hydrogen-bond donors (Lipinski definition) is 3. The van der Waals surface area contributed by atoms with Crippen LogP contribution in [0.5, 0.6) is 0 Å². The number of aromatic nitrogens is 1. The number of fused-ring (bicyclic) bond motifs is 1. The third-order valence-corrected chi connectivity index (χ3v) is 7.78. The van der Waals surface area contributed by atoms with Crippen molar-refractivity contribution in [3.63, 3.8) is 0 Å². The van der Waals surface area contributed by atoms with Gasteiger partial charge < -0.3 is 20.3 Å². The van der Waals surface area contributed by atoms with E-state index in [1.807, 2.05) is 73.7 Å². The van der Waals surface area contributed by atoms with Crippen LogP contribution in [0.3, 0.4) is 0 Å². The first-order valence-electron chi connectivity index (χ1n) is 14.5. The van der Waals surface area contributed by atoms with Crippen LogP contribution in [0.2, 0.25) is 0 Å². The molecule has 4 aromatic rings. The predicted octanol–water partition coefficient (Wildman–Crippen LogP) is 4.28.